The van der Waals surface area contributed by atoms with Crippen molar-refractivity contribution in [1.82, 2.24) is 15.3 Å². The van der Waals surface area contributed by atoms with Crippen LogP contribution in [0.5, 0.6) is 0 Å². The summed E-state index contributed by atoms with van der Waals surface area (Å²) in [6.45, 7) is 2.50. The van der Waals surface area contributed by atoms with E-state index < -0.39 is 5.60 Å². The zero-order valence-electron chi connectivity index (χ0n) is 13.3. The molecule has 1 saturated carbocycles. The smallest absolute Gasteiger partial charge is 0.323 e. The maximum Gasteiger partial charge on any atom is 0.323 e. The van der Waals surface area contributed by atoms with Gasteiger partial charge in [-0.15, -0.1) is 0 Å². The van der Waals surface area contributed by atoms with Gasteiger partial charge in [0.25, 0.3) is 0 Å². The van der Waals surface area contributed by atoms with Crippen LogP contribution >= 0.6 is 0 Å². The van der Waals surface area contributed by atoms with Gasteiger partial charge in [-0.1, -0.05) is 13.0 Å². The van der Waals surface area contributed by atoms with Crippen LogP contribution in [0.1, 0.15) is 38.2 Å². The number of carbonyl (C=O) groups is 1. The predicted octanol–water partition coefficient (Wildman–Crippen LogP) is 1.46. The molecule has 1 aromatic carbocycles. The van der Waals surface area contributed by atoms with Gasteiger partial charge in [0.15, 0.2) is 0 Å². The third kappa shape index (κ3) is 3.82. The lowest BCUT2D eigenvalue weighted by molar-refractivity contribution is -0.122. The van der Waals surface area contributed by atoms with Gasteiger partial charge in [0.05, 0.1) is 23.1 Å². The summed E-state index contributed by atoms with van der Waals surface area (Å²) in [6.07, 6.45) is 3.72. The van der Waals surface area contributed by atoms with Crippen molar-refractivity contribution in [3.05, 3.63) is 34.2 Å². The van der Waals surface area contributed by atoms with Crippen LogP contribution in [0, 0.1) is 5.92 Å². The third-order valence-electron chi connectivity index (χ3n) is 4.76. The first-order valence-corrected chi connectivity index (χ1v) is 8.14. The molecule has 4 N–H and O–H groups in total. The molecule has 0 aliphatic heterocycles. The summed E-state index contributed by atoms with van der Waals surface area (Å²) in [5.74, 6) is 0.537. The van der Waals surface area contributed by atoms with E-state index in [4.69, 9.17) is 0 Å². The van der Waals surface area contributed by atoms with Gasteiger partial charge in [-0.2, -0.15) is 0 Å². The summed E-state index contributed by atoms with van der Waals surface area (Å²) in [6, 6.07) is 5.40. The number of amides is 1. The van der Waals surface area contributed by atoms with Crippen molar-refractivity contribution in [2.75, 3.05) is 6.54 Å². The minimum atomic E-state index is -0.766. The average Bonchev–Trinajstić information content (AvgIpc) is 2.88. The van der Waals surface area contributed by atoms with Gasteiger partial charge < -0.3 is 20.4 Å². The summed E-state index contributed by atoms with van der Waals surface area (Å²) < 4.78 is 0. The van der Waals surface area contributed by atoms with Crippen LogP contribution in [0.3, 0.4) is 0 Å². The lowest BCUT2D eigenvalue weighted by Gasteiger charge is -2.34. The van der Waals surface area contributed by atoms with Crippen LogP contribution in [-0.2, 0) is 11.2 Å². The van der Waals surface area contributed by atoms with E-state index in [1.165, 1.54) is 0 Å². The van der Waals surface area contributed by atoms with E-state index in [-0.39, 0.29) is 18.0 Å². The summed E-state index contributed by atoms with van der Waals surface area (Å²) in [7, 11) is 0. The summed E-state index contributed by atoms with van der Waals surface area (Å²) >= 11 is 0. The molecule has 0 bridgehead atoms. The summed E-state index contributed by atoms with van der Waals surface area (Å²) in [4.78, 5) is 28.7. The molecule has 6 nitrogen and oxygen atoms in total. The van der Waals surface area contributed by atoms with Crippen LogP contribution in [0.25, 0.3) is 11.0 Å². The molecule has 0 radical (unpaired) electrons. The predicted molar refractivity (Wildman–Crippen MR) is 88.2 cm³/mol. The Bertz CT molecular complexity index is 754. The van der Waals surface area contributed by atoms with E-state index in [0.29, 0.717) is 18.0 Å². The number of nitrogens with one attached hydrogen (secondary N) is 3. The molecule has 0 atom stereocenters. The Labute approximate surface area is 134 Å². The number of carbonyl (C=O) groups excluding carboxylic acids is 1. The highest BCUT2D eigenvalue weighted by Gasteiger charge is 2.31. The van der Waals surface area contributed by atoms with Crippen LogP contribution in [0.4, 0.5) is 0 Å². The van der Waals surface area contributed by atoms with Crippen molar-refractivity contribution >= 4 is 16.9 Å². The molecule has 0 saturated heterocycles. The standard InChI is InChI=1S/C17H23N3O3/c1-11-4-6-17(23,7-5-11)10-18-15(21)9-12-2-3-13-14(8-12)20-16(22)19-13/h2-3,8,11,23H,4-7,9-10H2,1H3,(H,18,21)(H2,19,20,22). The molecule has 124 valence electrons. The second kappa shape index (κ2) is 6.20. The largest absolute Gasteiger partial charge is 0.388 e. The Balaban J connectivity index is 1.57. The molecule has 3 rings (SSSR count). The van der Waals surface area contributed by atoms with Gasteiger partial charge in [-0.05, 0) is 49.3 Å². The van der Waals surface area contributed by atoms with Crippen molar-refractivity contribution in [3.63, 3.8) is 0 Å². The molecule has 1 aliphatic carbocycles. The minimum Gasteiger partial charge on any atom is -0.388 e. The summed E-state index contributed by atoms with van der Waals surface area (Å²) in [5.41, 5.74) is 1.23. The number of aliphatic hydroxyl groups is 1. The maximum atomic E-state index is 12.1. The normalized spacial score (nSPS) is 24.7. The molecule has 2 aromatic rings. The summed E-state index contributed by atoms with van der Waals surface area (Å²) in [5, 5.41) is 13.3. The zero-order valence-corrected chi connectivity index (χ0v) is 13.3. The molecular formula is C17H23N3O3. The van der Waals surface area contributed by atoms with Crippen LogP contribution in [-0.4, -0.2) is 33.1 Å². The van der Waals surface area contributed by atoms with E-state index in [0.717, 1.165) is 36.8 Å². The lowest BCUT2D eigenvalue weighted by atomic mass is 9.79. The topological polar surface area (TPSA) is 98.0 Å². The third-order valence-corrected chi connectivity index (χ3v) is 4.76. The monoisotopic (exact) mass is 317 g/mol. The zero-order chi connectivity index (χ0) is 16.4. The van der Waals surface area contributed by atoms with Gasteiger partial charge in [0, 0.05) is 6.54 Å². The number of hydrogen-bond donors (Lipinski definition) is 4. The Kier molecular flexibility index (Phi) is 4.26. The number of imidazole rings is 1. The molecule has 0 spiro atoms. The highest BCUT2D eigenvalue weighted by Crippen LogP contribution is 2.31. The van der Waals surface area contributed by atoms with Gasteiger partial charge >= 0.3 is 5.69 Å². The number of hydrogen-bond acceptors (Lipinski definition) is 3. The van der Waals surface area contributed by atoms with E-state index >= 15 is 0 Å². The quantitative estimate of drug-likeness (QED) is 0.687. The van der Waals surface area contributed by atoms with Crippen molar-refractivity contribution in [2.45, 2.75) is 44.6 Å². The molecule has 1 amide bonds. The number of aromatic nitrogens is 2. The number of fused-ring (bicyclic) bond motifs is 1. The molecule has 1 fully saturated rings. The van der Waals surface area contributed by atoms with Crippen LogP contribution in [0.2, 0.25) is 0 Å². The number of rotatable bonds is 4. The number of aromatic amines is 2. The van der Waals surface area contributed by atoms with Crippen molar-refractivity contribution < 1.29 is 9.90 Å². The van der Waals surface area contributed by atoms with Crippen molar-refractivity contribution in [3.8, 4) is 0 Å². The first-order valence-electron chi connectivity index (χ1n) is 8.14. The lowest BCUT2D eigenvalue weighted by Crippen LogP contribution is -2.45. The minimum absolute atomic E-state index is 0.116. The average molecular weight is 317 g/mol. The fraction of sp³-hybridized carbons (Fsp3) is 0.529. The van der Waals surface area contributed by atoms with E-state index in [2.05, 4.69) is 22.2 Å². The van der Waals surface area contributed by atoms with Crippen LogP contribution in [0.15, 0.2) is 23.0 Å². The second-order valence-corrected chi connectivity index (χ2v) is 6.82. The Morgan fingerprint density at radius 1 is 1.30 bits per heavy atom. The number of benzene rings is 1. The highest BCUT2D eigenvalue weighted by atomic mass is 16.3. The van der Waals surface area contributed by atoms with Crippen molar-refractivity contribution in [1.29, 1.82) is 0 Å². The molecule has 1 aliphatic rings. The Morgan fingerprint density at radius 2 is 2.00 bits per heavy atom. The van der Waals surface area contributed by atoms with Crippen molar-refractivity contribution in [2.24, 2.45) is 5.92 Å². The first-order chi connectivity index (χ1) is 10.9. The SMILES string of the molecule is CC1CCC(O)(CNC(=O)Cc2ccc3[nH]c(=O)[nH]c3c2)CC1. The van der Waals surface area contributed by atoms with E-state index in [9.17, 15) is 14.7 Å². The van der Waals surface area contributed by atoms with Gasteiger partial charge in [-0.25, -0.2) is 4.79 Å². The maximum absolute atomic E-state index is 12.1. The molecule has 1 heterocycles. The molecule has 1 aromatic heterocycles. The Hall–Kier alpha value is -2.08. The number of H-pyrrole nitrogens is 2. The fourth-order valence-electron chi connectivity index (χ4n) is 3.18. The first kappa shape index (κ1) is 15.8. The molecule has 23 heavy (non-hydrogen) atoms. The second-order valence-electron chi connectivity index (χ2n) is 6.82. The van der Waals surface area contributed by atoms with Gasteiger partial charge in [0.2, 0.25) is 5.91 Å². The van der Waals surface area contributed by atoms with E-state index in [1.54, 1.807) is 12.1 Å². The van der Waals surface area contributed by atoms with Gasteiger partial charge in [-0.3, -0.25) is 4.79 Å². The Morgan fingerprint density at radius 3 is 2.74 bits per heavy atom. The fourth-order valence-corrected chi connectivity index (χ4v) is 3.18. The molecule has 0 unspecified atom stereocenters. The van der Waals surface area contributed by atoms with Crippen LogP contribution < -0.4 is 11.0 Å². The van der Waals surface area contributed by atoms with Gasteiger partial charge in [0.1, 0.15) is 0 Å². The van der Waals surface area contributed by atoms with E-state index in [1.807, 2.05) is 6.07 Å². The molecule has 6 heteroatoms. The highest BCUT2D eigenvalue weighted by molar-refractivity contribution is 5.81. The molecular weight excluding hydrogens is 294 g/mol.